The molecule has 0 amide bonds. The van der Waals surface area contributed by atoms with Crippen molar-refractivity contribution < 1.29 is 4.39 Å². The van der Waals surface area contributed by atoms with Gasteiger partial charge in [-0.2, -0.15) is 0 Å². The van der Waals surface area contributed by atoms with Gasteiger partial charge in [-0.25, -0.2) is 4.39 Å². The molecule has 0 aromatic heterocycles. The van der Waals surface area contributed by atoms with Crippen LogP contribution in [0, 0.1) is 11.2 Å². The highest BCUT2D eigenvalue weighted by Crippen LogP contribution is 2.40. The molecule has 0 saturated heterocycles. The summed E-state index contributed by atoms with van der Waals surface area (Å²) in [6, 6.07) is 5.07. The zero-order valence-electron chi connectivity index (χ0n) is 10.2. The van der Waals surface area contributed by atoms with E-state index in [2.05, 4.69) is 6.92 Å². The lowest BCUT2D eigenvalue weighted by atomic mass is 9.78. The van der Waals surface area contributed by atoms with Crippen molar-refractivity contribution in [1.29, 1.82) is 0 Å². The van der Waals surface area contributed by atoms with Crippen LogP contribution in [-0.2, 0) is 6.42 Å². The topological polar surface area (TPSA) is 26.0 Å². The molecule has 1 nitrogen and oxygen atoms in total. The van der Waals surface area contributed by atoms with Crippen molar-refractivity contribution in [3.8, 4) is 0 Å². The number of halogens is 2. The average Bonchev–Trinajstić information content (AvgIpc) is 2.72. The molecule has 0 spiro atoms. The Hall–Kier alpha value is -0.600. The van der Waals surface area contributed by atoms with Gasteiger partial charge in [0, 0.05) is 6.04 Å². The Balaban J connectivity index is 2.07. The summed E-state index contributed by atoms with van der Waals surface area (Å²) in [6.07, 6.45) is 5.62. The Bertz CT molecular complexity index is 399. The molecule has 1 aromatic rings. The number of nitrogens with two attached hydrogens (primary N) is 1. The van der Waals surface area contributed by atoms with E-state index in [9.17, 15) is 4.39 Å². The minimum atomic E-state index is -0.354. The van der Waals surface area contributed by atoms with E-state index in [1.54, 1.807) is 6.07 Å². The number of hydrogen-bond donors (Lipinski definition) is 1. The molecular weight excluding hydrogens is 237 g/mol. The van der Waals surface area contributed by atoms with Gasteiger partial charge in [-0.1, -0.05) is 37.4 Å². The summed E-state index contributed by atoms with van der Waals surface area (Å²) < 4.78 is 13.3. The van der Waals surface area contributed by atoms with E-state index in [4.69, 9.17) is 17.3 Å². The van der Waals surface area contributed by atoms with Crippen LogP contribution in [-0.4, -0.2) is 6.04 Å². The minimum Gasteiger partial charge on any atom is -0.327 e. The monoisotopic (exact) mass is 255 g/mol. The Kier molecular flexibility index (Phi) is 3.74. The molecule has 1 fully saturated rings. The van der Waals surface area contributed by atoms with E-state index in [0.717, 1.165) is 12.0 Å². The van der Waals surface area contributed by atoms with Crippen molar-refractivity contribution in [2.45, 2.75) is 45.1 Å². The summed E-state index contributed by atoms with van der Waals surface area (Å²) in [5.74, 6) is -0.354. The molecule has 0 bridgehead atoms. The van der Waals surface area contributed by atoms with Crippen LogP contribution < -0.4 is 5.73 Å². The molecule has 1 aliphatic rings. The smallest absolute Gasteiger partial charge is 0.142 e. The highest BCUT2D eigenvalue weighted by Gasteiger charge is 2.34. The van der Waals surface area contributed by atoms with Crippen molar-refractivity contribution in [2.24, 2.45) is 11.1 Å². The predicted octanol–water partition coefficient (Wildman–Crippen LogP) is 3.93. The summed E-state index contributed by atoms with van der Waals surface area (Å²) in [7, 11) is 0. The lowest BCUT2D eigenvalue weighted by Gasteiger charge is -2.31. The lowest BCUT2D eigenvalue weighted by Crippen LogP contribution is -2.39. The molecule has 0 aliphatic heterocycles. The van der Waals surface area contributed by atoms with Gasteiger partial charge >= 0.3 is 0 Å². The van der Waals surface area contributed by atoms with E-state index in [1.807, 2.05) is 6.07 Å². The fourth-order valence-electron chi connectivity index (χ4n) is 2.72. The van der Waals surface area contributed by atoms with Gasteiger partial charge in [0.2, 0.25) is 0 Å². The van der Waals surface area contributed by atoms with Gasteiger partial charge in [0.15, 0.2) is 0 Å². The molecule has 0 radical (unpaired) electrons. The molecule has 1 aromatic carbocycles. The molecule has 1 aliphatic carbocycles. The molecule has 2 rings (SSSR count). The van der Waals surface area contributed by atoms with Crippen LogP contribution in [0.15, 0.2) is 18.2 Å². The summed E-state index contributed by atoms with van der Waals surface area (Å²) >= 11 is 5.67. The summed E-state index contributed by atoms with van der Waals surface area (Å²) in [4.78, 5) is 0. The summed E-state index contributed by atoms with van der Waals surface area (Å²) in [6.45, 7) is 2.25. The largest absolute Gasteiger partial charge is 0.327 e. The second-order valence-electron chi connectivity index (χ2n) is 5.42. The molecule has 1 atom stereocenters. The van der Waals surface area contributed by atoms with Crippen LogP contribution in [0.5, 0.6) is 0 Å². The Morgan fingerprint density at radius 1 is 1.41 bits per heavy atom. The molecular formula is C14H19ClFN. The summed E-state index contributed by atoms with van der Waals surface area (Å²) in [5.41, 5.74) is 7.43. The highest BCUT2D eigenvalue weighted by atomic mass is 35.5. The van der Waals surface area contributed by atoms with Gasteiger partial charge in [0.25, 0.3) is 0 Å². The fraction of sp³-hybridized carbons (Fsp3) is 0.571. The SMILES string of the molecule is CC1(C(N)Cc2ccc(Cl)c(F)c2)CCCC1. The third-order valence-corrected chi connectivity index (χ3v) is 4.39. The number of benzene rings is 1. The van der Waals surface area contributed by atoms with Gasteiger partial charge in [-0.3, -0.25) is 0 Å². The first-order valence-electron chi connectivity index (χ1n) is 6.21. The third kappa shape index (κ3) is 2.80. The van der Waals surface area contributed by atoms with Crippen LogP contribution >= 0.6 is 11.6 Å². The first kappa shape index (κ1) is 12.8. The second kappa shape index (κ2) is 4.95. The van der Waals surface area contributed by atoms with E-state index in [-0.39, 0.29) is 22.3 Å². The Morgan fingerprint density at radius 3 is 2.65 bits per heavy atom. The molecule has 2 N–H and O–H groups in total. The van der Waals surface area contributed by atoms with Crippen molar-refractivity contribution in [3.63, 3.8) is 0 Å². The van der Waals surface area contributed by atoms with E-state index < -0.39 is 0 Å². The lowest BCUT2D eigenvalue weighted by molar-refractivity contribution is 0.260. The maximum absolute atomic E-state index is 13.3. The first-order valence-corrected chi connectivity index (χ1v) is 6.58. The Labute approximate surface area is 107 Å². The first-order chi connectivity index (χ1) is 8.01. The van der Waals surface area contributed by atoms with Crippen LogP contribution in [0.1, 0.15) is 38.2 Å². The van der Waals surface area contributed by atoms with Crippen LogP contribution in [0.2, 0.25) is 5.02 Å². The van der Waals surface area contributed by atoms with Crippen LogP contribution in [0.4, 0.5) is 4.39 Å². The van der Waals surface area contributed by atoms with Gasteiger partial charge in [0.05, 0.1) is 5.02 Å². The van der Waals surface area contributed by atoms with Crippen molar-refractivity contribution in [2.75, 3.05) is 0 Å². The normalized spacial score (nSPS) is 20.5. The quantitative estimate of drug-likeness (QED) is 0.870. The predicted molar refractivity (Wildman–Crippen MR) is 69.7 cm³/mol. The zero-order chi connectivity index (χ0) is 12.5. The molecule has 1 saturated carbocycles. The Morgan fingerprint density at radius 2 is 2.06 bits per heavy atom. The van der Waals surface area contributed by atoms with Gasteiger partial charge in [-0.05, 0) is 42.4 Å². The van der Waals surface area contributed by atoms with Gasteiger partial charge in [-0.15, -0.1) is 0 Å². The van der Waals surface area contributed by atoms with Gasteiger partial charge in [0.1, 0.15) is 5.82 Å². The fourth-order valence-corrected chi connectivity index (χ4v) is 2.84. The van der Waals surface area contributed by atoms with E-state index >= 15 is 0 Å². The standard InChI is InChI=1S/C14H19ClFN/c1-14(6-2-3-7-14)13(17)9-10-4-5-11(15)12(16)8-10/h4-5,8,13H,2-3,6-7,9,17H2,1H3. The average molecular weight is 256 g/mol. The molecule has 17 heavy (non-hydrogen) atoms. The molecule has 1 unspecified atom stereocenters. The third-order valence-electron chi connectivity index (χ3n) is 4.08. The van der Waals surface area contributed by atoms with Crippen LogP contribution in [0.3, 0.4) is 0 Å². The maximum Gasteiger partial charge on any atom is 0.142 e. The second-order valence-corrected chi connectivity index (χ2v) is 5.83. The van der Waals surface area contributed by atoms with E-state index in [1.165, 1.54) is 31.7 Å². The number of hydrogen-bond acceptors (Lipinski definition) is 1. The highest BCUT2D eigenvalue weighted by molar-refractivity contribution is 6.30. The van der Waals surface area contributed by atoms with E-state index in [0.29, 0.717) is 0 Å². The van der Waals surface area contributed by atoms with Crippen molar-refractivity contribution in [3.05, 3.63) is 34.6 Å². The summed E-state index contributed by atoms with van der Waals surface area (Å²) in [5, 5.41) is 0.175. The molecule has 3 heteroatoms. The van der Waals surface area contributed by atoms with Crippen LogP contribution in [0.25, 0.3) is 0 Å². The minimum absolute atomic E-state index is 0.102. The number of rotatable bonds is 3. The maximum atomic E-state index is 13.3. The van der Waals surface area contributed by atoms with Gasteiger partial charge < -0.3 is 5.73 Å². The molecule has 0 heterocycles. The van der Waals surface area contributed by atoms with Crippen molar-refractivity contribution in [1.82, 2.24) is 0 Å². The zero-order valence-corrected chi connectivity index (χ0v) is 10.9. The molecule has 94 valence electrons. The van der Waals surface area contributed by atoms with Crippen molar-refractivity contribution >= 4 is 11.6 Å².